The van der Waals surface area contributed by atoms with Crippen LogP contribution in [0.2, 0.25) is 0 Å². The number of ether oxygens (including phenoxy) is 2. The molecular weight excluding hydrogens is 252 g/mol. The number of fused-ring (bicyclic) bond motifs is 2. The van der Waals surface area contributed by atoms with E-state index in [4.69, 9.17) is 20.0 Å². The van der Waals surface area contributed by atoms with Crippen LogP contribution in [0.3, 0.4) is 0 Å². The van der Waals surface area contributed by atoms with Gasteiger partial charge < -0.3 is 9.47 Å². The lowest BCUT2D eigenvalue weighted by molar-refractivity contribution is 0.442. The van der Waals surface area contributed by atoms with E-state index in [1.54, 1.807) is 24.6 Å². The van der Waals surface area contributed by atoms with Crippen LogP contribution < -0.4 is 9.47 Å². The highest BCUT2D eigenvalue weighted by molar-refractivity contribution is 5.99. The smallest absolute Gasteiger partial charge is 0.292 e. The highest BCUT2D eigenvalue weighted by Crippen LogP contribution is 2.34. The Balaban J connectivity index is 2.30. The fraction of sp³-hybridized carbons (Fsp3) is 0. The maximum Gasteiger partial charge on any atom is 0.292 e. The predicted octanol–water partition coefficient (Wildman–Crippen LogP) is 3.71. The van der Waals surface area contributed by atoms with Crippen molar-refractivity contribution in [1.29, 1.82) is 10.5 Å². The van der Waals surface area contributed by atoms with E-state index in [-0.39, 0.29) is 11.5 Å². The molecule has 0 aliphatic carbocycles. The van der Waals surface area contributed by atoms with Crippen molar-refractivity contribution in [1.82, 2.24) is 0 Å². The Morgan fingerprint density at radius 1 is 0.650 bits per heavy atom. The molecule has 0 atom stereocenters. The third-order valence-corrected chi connectivity index (χ3v) is 3.08. The minimum absolute atomic E-state index is 0.233. The Morgan fingerprint density at radius 3 is 1.50 bits per heavy atom. The summed E-state index contributed by atoms with van der Waals surface area (Å²) >= 11 is 0. The van der Waals surface area contributed by atoms with Crippen molar-refractivity contribution in [3.63, 3.8) is 0 Å². The fourth-order valence-electron chi connectivity index (χ4n) is 2.21. The van der Waals surface area contributed by atoms with Crippen LogP contribution in [0.25, 0.3) is 21.5 Å². The standard InChI is InChI=1S/C16H8N2O2/c17-9-19-15-7-13-5-11-3-1-2-4-12(11)6-14(13)8-16(15)20-10-18/h1-8H. The summed E-state index contributed by atoms with van der Waals surface area (Å²) in [6.45, 7) is 0. The molecule has 4 heteroatoms. The van der Waals surface area contributed by atoms with E-state index in [2.05, 4.69) is 0 Å². The van der Waals surface area contributed by atoms with Gasteiger partial charge in [0.2, 0.25) is 0 Å². The minimum Gasteiger partial charge on any atom is -0.384 e. The van der Waals surface area contributed by atoms with Crippen molar-refractivity contribution in [3.05, 3.63) is 48.5 Å². The first kappa shape index (κ1) is 11.8. The Hall–Kier alpha value is -3.24. The molecule has 0 fully saturated rings. The molecule has 4 nitrogen and oxygen atoms in total. The van der Waals surface area contributed by atoms with Crippen LogP contribution in [0.1, 0.15) is 0 Å². The molecule has 3 rings (SSSR count). The molecule has 0 aliphatic rings. The summed E-state index contributed by atoms with van der Waals surface area (Å²) in [6.07, 6.45) is 3.19. The zero-order valence-corrected chi connectivity index (χ0v) is 10.3. The largest absolute Gasteiger partial charge is 0.384 e. The fourth-order valence-corrected chi connectivity index (χ4v) is 2.21. The molecule has 0 aliphatic heterocycles. The van der Waals surface area contributed by atoms with Gasteiger partial charge in [0.15, 0.2) is 11.5 Å². The van der Waals surface area contributed by atoms with E-state index in [0.717, 1.165) is 21.5 Å². The SMILES string of the molecule is N#COc1cc2cc3ccccc3cc2cc1OC#N. The third-order valence-electron chi connectivity index (χ3n) is 3.08. The molecule has 0 aromatic heterocycles. The molecule has 0 heterocycles. The summed E-state index contributed by atoms with van der Waals surface area (Å²) in [7, 11) is 0. The summed E-state index contributed by atoms with van der Waals surface area (Å²) in [5.74, 6) is 0.466. The van der Waals surface area contributed by atoms with Gasteiger partial charge in [0.1, 0.15) is 0 Å². The van der Waals surface area contributed by atoms with Crippen LogP contribution >= 0.6 is 0 Å². The molecule has 0 saturated carbocycles. The van der Waals surface area contributed by atoms with Gasteiger partial charge >= 0.3 is 0 Å². The van der Waals surface area contributed by atoms with Gasteiger partial charge in [-0.2, -0.15) is 0 Å². The Labute approximate surface area is 115 Å². The second kappa shape index (κ2) is 4.79. The zero-order valence-electron chi connectivity index (χ0n) is 10.3. The van der Waals surface area contributed by atoms with Crippen LogP contribution in [-0.2, 0) is 0 Å². The zero-order chi connectivity index (χ0) is 13.9. The molecule has 0 spiro atoms. The maximum absolute atomic E-state index is 8.65. The normalized spacial score (nSPS) is 9.90. The van der Waals surface area contributed by atoms with E-state index in [1.807, 2.05) is 36.4 Å². The van der Waals surface area contributed by atoms with Crippen molar-refractivity contribution >= 4 is 21.5 Å². The Kier molecular flexibility index (Phi) is 2.84. The van der Waals surface area contributed by atoms with Crippen molar-refractivity contribution in [2.24, 2.45) is 0 Å². The van der Waals surface area contributed by atoms with E-state index >= 15 is 0 Å². The summed E-state index contributed by atoms with van der Waals surface area (Å²) < 4.78 is 9.68. The highest BCUT2D eigenvalue weighted by atomic mass is 16.5. The average molecular weight is 260 g/mol. The first-order chi connectivity index (χ1) is 9.81. The maximum atomic E-state index is 8.65. The van der Waals surface area contributed by atoms with E-state index in [0.29, 0.717) is 0 Å². The number of nitrogens with zero attached hydrogens (tertiary/aromatic N) is 2. The van der Waals surface area contributed by atoms with Gasteiger partial charge in [-0.15, -0.1) is 10.5 Å². The van der Waals surface area contributed by atoms with Gasteiger partial charge in [-0.1, -0.05) is 24.3 Å². The lowest BCUT2D eigenvalue weighted by Crippen LogP contribution is -1.90. The number of hydrogen-bond acceptors (Lipinski definition) is 4. The van der Waals surface area contributed by atoms with E-state index < -0.39 is 0 Å². The van der Waals surface area contributed by atoms with Gasteiger partial charge in [0.25, 0.3) is 12.5 Å². The lowest BCUT2D eigenvalue weighted by atomic mass is 10.0. The second-order valence-corrected chi connectivity index (χ2v) is 4.23. The van der Waals surface area contributed by atoms with Crippen LogP contribution in [0.5, 0.6) is 11.5 Å². The molecular formula is C16H8N2O2. The number of benzene rings is 3. The number of rotatable bonds is 2. The predicted molar refractivity (Wildman–Crippen MR) is 73.9 cm³/mol. The van der Waals surface area contributed by atoms with Gasteiger partial charge in [0.05, 0.1) is 0 Å². The van der Waals surface area contributed by atoms with E-state index in [1.165, 1.54) is 0 Å². The molecule has 0 bridgehead atoms. The number of hydrogen-bond donors (Lipinski definition) is 0. The Morgan fingerprint density at radius 2 is 1.10 bits per heavy atom. The first-order valence-electron chi connectivity index (χ1n) is 5.90. The molecule has 0 saturated heterocycles. The van der Waals surface area contributed by atoms with Crippen LogP contribution in [-0.4, -0.2) is 0 Å². The van der Waals surface area contributed by atoms with Crippen LogP contribution in [0.15, 0.2) is 48.5 Å². The minimum atomic E-state index is 0.233. The third kappa shape index (κ3) is 1.96. The topological polar surface area (TPSA) is 66.0 Å². The van der Waals surface area contributed by atoms with Crippen molar-refractivity contribution < 1.29 is 9.47 Å². The number of nitriles is 2. The quantitative estimate of drug-likeness (QED) is 0.520. The van der Waals surface area contributed by atoms with Gasteiger partial charge in [-0.3, -0.25) is 0 Å². The molecule has 20 heavy (non-hydrogen) atoms. The summed E-state index contributed by atoms with van der Waals surface area (Å²) in [6, 6.07) is 15.4. The summed E-state index contributed by atoms with van der Waals surface area (Å²) in [4.78, 5) is 0. The van der Waals surface area contributed by atoms with Crippen LogP contribution in [0.4, 0.5) is 0 Å². The summed E-state index contributed by atoms with van der Waals surface area (Å²) in [5, 5.41) is 21.3. The van der Waals surface area contributed by atoms with Gasteiger partial charge in [0, 0.05) is 0 Å². The second-order valence-electron chi connectivity index (χ2n) is 4.23. The van der Waals surface area contributed by atoms with Crippen molar-refractivity contribution in [3.8, 4) is 24.0 Å². The molecule has 3 aromatic rings. The van der Waals surface area contributed by atoms with Gasteiger partial charge in [-0.25, -0.2) is 0 Å². The molecule has 0 radical (unpaired) electrons. The molecule has 0 amide bonds. The average Bonchev–Trinajstić information content (AvgIpc) is 2.46. The van der Waals surface area contributed by atoms with E-state index in [9.17, 15) is 0 Å². The lowest BCUT2D eigenvalue weighted by Gasteiger charge is -2.07. The first-order valence-corrected chi connectivity index (χ1v) is 5.90. The van der Waals surface area contributed by atoms with Crippen molar-refractivity contribution in [2.45, 2.75) is 0 Å². The molecule has 94 valence electrons. The molecule has 0 unspecified atom stereocenters. The monoisotopic (exact) mass is 260 g/mol. The highest BCUT2D eigenvalue weighted by Gasteiger charge is 2.09. The summed E-state index contributed by atoms with van der Waals surface area (Å²) in [5.41, 5.74) is 0. The van der Waals surface area contributed by atoms with Crippen molar-refractivity contribution in [2.75, 3.05) is 0 Å². The van der Waals surface area contributed by atoms with Crippen LogP contribution in [0, 0.1) is 23.0 Å². The molecule has 3 aromatic carbocycles. The molecule has 0 N–H and O–H groups in total. The Bertz CT molecular complexity index is 814. The van der Waals surface area contributed by atoms with Gasteiger partial charge in [-0.05, 0) is 45.8 Å².